The first kappa shape index (κ1) is 33.4. The van der Waals surface area contributed by atoms with Crippen LogP contribution in [0.1, 0.15) is 36.2 Å². The van der Waals surface area contributed by atoms with Crippen LogP contribution in [0, 0.1) is 11.6 Å². The minimum atomic E-state index is -4.26. The van der Waals surface area contributed by atoms with Gasteiger partial charge in [0.25, 0.3) is 5.91 Å². The van der Waals surface area contributed by atoms with Gasteiger partial charge in [-0.05, 0) is 31.2 Å². The number of nitrogens with one attached hydrogen (secondary N) is 3. The first-order chi connectivity index (χ1) is 20.7. The number of hydrogen-bond donors (Lipinski definition) is 3. The van der Waals surface area contributed by atoms with E-state index < -0.39 is 47.7 Å². The quantitative estimate of drug-likeness (QED) is 0.379. The van der Waals surface area contributed by atoms with E-state index >= 15 is 8.78 Å². The molecule has 2 heterocycles. The Morgan fingerprint density at radius 1 is 1.07 bits per heavy atom. The van der Waals surface area contributed by atoms with Gasteiger partial charge in [-0.15, -0.1) is 0 Å². The van der Waals surface area contributed by atoms with Crippen molar-refractivity contribution in [2.45, 2.75) is 45.1 Å². The minimum Gasteiger partial charge on any atom is -0.367 e. The van der Waals surface area contributed by atoms with Gasteiger partial charge in [-0.2, -0.15) is 13.2 Å². The van der Waals surface area contributed by atoms with Crippen LogP contribution in [-0.2, 0) is 16.1 Å². The lowest BCUT2D eigenvalue weighted by atomic mass is 10.1. The SMILES string of the molecule is CC(=O)N1CCNC[C@H]1C(=O)NCc1ccc(C(=O)Nc2ccc(Cl)cc2N2CCN(CCC(F)(F)F)[C@H](C)C2)c(F)c1F. The van der Waals surface area contributed by atoms with Crippen LogP contribution in [0.3, 0.4) is 0 Å². The summed E-state index contributed by atoms with van der Waals surface area (Å²) in [5.74, 6) is -4.44. The van der Waals surface area contributed by atoms with Crippen LogP contribution in [0.5, 0.6) is 0 Å². The van der Waals surface area contributed by atoms with Crippen molar-refractivity contribution in [3.05, 3.63) is 58.1 Å². The molecule has 4 rings (SSSR count). The van der Waals surface area contributed by atoms with Crippen LogP contribution >= 0.6 is 11.6 Å². The van der Waals surface area contributed by atoms with E-state index in [1.807, 2.05) is 4.90 Å². The molecular weight excluding hydrogens is 611 g/mol. The average Bonchev–Trinajstić information content (AvgIpc) is 2.97. The predicted molar refractivity (Wildman–Crippen MR) is 156 cm³/mol. The van der Waals surface area contributed by atoms with E-state index in [1.165, 1.54) is 30.0 Å². The maximum Gasteiger partial charge on any atom is 0.390 e. The van der Waals surface area contributed by atoms with E-state index in [1.54, 1.807) is 17.9 Å². The molecule has 2 aromatic carbocycles. The van der Waals surface area contributed by atoms with E-state index in [4.69, 9.17) is 11.6 Å². The Bertz CT molecular complexity index is 1390. The highest BCUT2D eigenvalue weighted by Gasteiger charge is 2.32. The Balaban J connectivity index is 1.43. The molecule has 0 unspecified atom stereocenters. The molecule has 240 valence electrons. The second-order valence-electron chi connectivity index (χ2n) is 10.9. The van der Waals surface area contributed by atoms with Crippen molar-refractivity contribution >= 4 is 40.7 Å². The summed E-state index contributed by atoms with van der Waals surface area (Å²) in [7, 11) is 0. The van der Waals surface area contributed by atoms with Gasteiger partial charge >= 0.3 is 6.18 Å². The van der Waals surface area contributed by atoms with Crippen molar-refractivity contribution in [2.24, 2.45) is 0 Å². The molecule has 44 heavy (non-hydrogen) atoms. The van der Waals surface area contributed by atoms with Gasteiger partial charge < -0.3 is 25.8 Å². The summed E-state index contributed by atoms with van der Waals surface area (Å²) < 4.78 is 68.3. The lowest BCUT2D eigenvalue weighted by Gasteiger charge is -2.41. The molecule has 0 spiro atoms. The van der Waals surface area contributed by atoms with Gasteiger partial charge in [0.15, 0.2) is 11.6 Å². The molecule has 15 heteroatoms. The monoisotopic (exact) mass is 644 g/mol. The Kier molecular flexibility index (Phi) is 10.7. The van der Waals surface area contributed by atoms with Gasteiger partial charge in [0.1, 0.15) is 6.04 Å². The molecule has 0 aliphatic carbocycles. The number of carbonyl (C=O) groups is 3. The second kappa shape index (κ2) is 14.1. The topological polar surface area (TPSA) is 97.0 Å². The van der Waals surface area contributed by atoms with Crippen molar-refractivity contribution in [1.82, 2.24) is 20.4 Å². The summed E-state index contributed by atoms with van der Waals surface area (Å²) in [6.45, 7) is 4.82. The third-order valence-electron chi connectivity index (χ3n) is 7.81. The molecule has 3 N–H and O–H groups in total. The van der Waals surface area contributed by atoms with Crippen molar-refractivity contribution in [1.29, 1.82) is 0 Å². The number of benzene rings is 2. The highest BCUT2D eigenvalue weighted by atomic mass is 35.5. The fourth-order valence-corrected chi connectivity index (χ4v) is 5.56. The highest BCUT2D eigenvalue weighted by Crippen LogP contribution is 2.32. The zero-order chi connectivity index (χ0) is 32.2. The standard InChI is InChI=1S/C29H34ClF5N6O3/c1-17-16-40(12-11-39(17)9-7-29(33,34)35)23-13-20(30)4-6-22(23)38-27(43)21-5-3-19(25(31)26(21)32)14-37-28(44)24-15-36-8-10-41(24)18(2)42/h3-6,13,17,24,36H,7-12,14-16H2,1-2H3,(H,37,44)(H,38,43)/t17-,24+/m1/s1. The van der Waals surface area contributed by atoms with Gasteiger partial charge in [0.2, 0.25) is 11.8 Å². The molecule has 2 aliphatic rings. The fraction of sp³-hybridized carbons (Fsp3) is 0.483. The van der Waals surface area contributed by atoms with Crippen molar-refractivity contribution in [2.75, 3.05) is 56.0 Å². The third-order valence-corrected chi connectivity index (χ3v) is 8.04. The van der Waals surface area contributed by atoms with Gasteiger partial charge in [-0.3, -0.25) is 19.3 Å². The van der Waals surface area contributed by atoms with Gasteiger partial charge in [0, 0.05) is 75.9 Å². The molecule has 0 saturated carbocycles. The lowest BCUT2D eigenvalue weighted by Crippen LogP contribution is -2.59. The number of amides is 3. The molecule has 0 radical (unpaired) electrons. The average molecular weight is 645 g/mol. The van der Waals surface area contributed by atoms with Gasteiger partial charge in [-0.1, -0.05) is 17.7 Å². The Morgan fingerprint density at radius 2 is 1.82 bits per heavy atom. The largest absolute Gasteiger partial charge is 0.390 e. The number of carbonyl (C=O) groups excluding carboxylic acids is 3. The highest BCUT2D eigenvalue weighted by molar-refractivity contribution is 6.31. The molecule has 0 aromatic heterocycles. The number of anilines is 2. The van der Waals surface area contributed by atoms with Gasteiger partial charge in [0.05, 0.1) is 23.4 Å². The molecular formula is C29H34ClF5N6O3. The minimum absolute atomic E-state index is 0.128. The summed E-state index contributed by atoms with van der Waals surface area (Å²) >= 11 is 6.21. The van der Waals surface area contributed by atoms with Crippen LogP contribution in [0.15, 0.2) is 30.3 Å². The maximum atomic E-state index is 15.1. The summed E-state index contributed by atoms with van der Waals surface area (Å²) in [6, 6.07) is 5.90. The van der Waals surface area contributed by atoms with E-state index in [0.717, 1.165) is 6.07 Å². The molecule has 2 saturated heterocycles. The van der Waals surface area contributed by atoms with E-state index in [0.29, 0.717) is 43.4 Å². The number of rotatable bonds is 8. The van der Waals surface area contributed by atoms with Crippen LogP contribution in [0.25, 0.3) is 0 Å². The first-order valence-corrected chi connectivity index (χ1v) is 14.5. The van der Waals surface area contributed by atoms with Gasteiger partial charge in [-0.25, -0.2) is 8.78 Å². The third kappa shape index (κ3) is 8.16. The summed E-state index contributed by atoms with van der Waals surface area (Å²) in [4.78, 5) is 42.6. The Hall–Kier alpha value is -3.49. The normalized spacial score (nSPS) is 19.5. The maximum absolute atomic E-state index is 15.1. The smallest absolute Gasteiger partial charge is 0.367 e. The van der Waals surface area contributed by atoms with Crippen molar-refractivity contribution in [3.63, 3.8) is 0 Å². The van der Waals surface area contributed by atoms with Crippen molar-refractivity contribution in [3.8, 4) is 0 Å². The zero-order valence-electron chi connectivity index (χ0n) is 24.2. The van der Waals surface area contributed by atoms with Crippen LogP contribution in [0.2, 0.25) is 5.02 Å². The summed E-state index contributed by atoms with van der Waals surface area (Å²) in [5, 5.41) is 8.49. The van der Waals surface area contributed by atoms with E-state index in [9.17, 15) is 27.6 Å². The van der Waals surface area contributed by atoms with Crippen LogP contribution < -0.4 is 20.9 Å². The Labute approximate surface area is 256 Å². The first-order valence-electron chi connectivity index (χ1n) is 14.1. The number of piperazine rings is 2. The zero-order valence-corrected chi connectivity index (χ0v) is 25.0. The molecule has 2 aromatic rings. The fourth-order valence-electron chi connectivity index (χ4n) is 5.40. The van der Waals surface area contributed by atoms with Crippen LogP contribution in [0.4, 0.5) is 33.3 Å². The lowest BCUT2D eigenvalue weighted by molar-refractivity contribution is -0.140. The number of halogens is 6. The number of nitrogens with zero attached hydrogens (tertiary/aromatic N) is 3. The van der Waals surface area contributed by atoms with E-state index in [-0.39, 0.29) is 42.8 Å². The molecule has 9 nitrogen and oxygen atoms in total. The molecule has 0 bridgehead atoms. The molecule has 3 amide bonds. The van der Waals surface area contributed by atoms with E-state index in [2.05, 4.69) is 16.0 Å². The summed E-state index contributed by atoms with van der Waals surface area (Å²) in [5.41, 5.74) is 0.00551. The second-order valence-corrected chi connectivity index (χ2v) is 11.3. The summed E-state index contributed by atoms with van der Waals surface area (Å²) in [6.07, 6.45) is -5.17. The molecule has 2 fully saturated rings. The van der Waals surface area contributed by atoms with Crippen LogP contribution in [-0.4, -0.2) is 91.6 Å². The predicted octanol–water partition coefficient (Wildman–Crippen LogP) is 3.77. The molecule has 2 atom stereocenters. The van der Waals surface area contributed by atoms with Crippen molar-refractivity contribution < 1.29 is 36.3 Å². The number of hydrogen-bond acceptors (Lipinski definition) is 6. The Morgan fingerprint density at radius 3 is 2.50 bits per heavy atom. The molecule has 2 aliphatic heterocycles. The number of alkyl halides is 3.